The molecule has 122 valence electrons. The fourth-order valence-electron chi connectivity index (χ4n) is 3.25. The molecule has 2 fully saturated rings. The van der Waals surface area contributed by atoms with Gasteiger partial charge in [-0.15, -0.1) is 0 Å². The molecule has 2 aliphatic heterocycles. The van der Waals surface area contributed by atoms with Crippen molar-refractivity contribution in [3.63, 3.8) is 0 Å². The molecule has 2 saturated heterocycles. The first-order valence-corrected chi connectivity index (χ1v) is 8.53. The number of amides is 1. The molecule has 2 aliphatic rings. The molecule has 0 aromatic heterocycles. The minimum atomic E-state index is 0.218. The van der Waals surface area contributed by atoms with E-state index < -0.39 is 0 Å². The summed E-state index contributed by atoms with van der Waals surface area (Å²) in [5.41, 5.74) is 0. The van der Waals surface area contributed by atoms with Gasteiger partial charge in [-0.1, -0.05) is 6.92 Å². The lowest BCUT2D eigenvalue weighted by atomic mass is 9.85. The zero-order valence-electron chi connectivity index (χ0n) is 13.4. The van der Waals surface area contributed by atoms with Gasteiger partial charge in [0.05, 0.1) is 13.2 Å². The summed E-state index contributed by atoms with van der Waals surface area (Å²) in [7, 11) is 0. The summed E-state index contributed by atoms with van der Waals surface area (Å²) in [6, 6.07) is 0. The number of nitrogens with zero attached hydrogens (tertiary/aromatic N) is 1. The van der Waals surface area contributed by atoms with Crippen molar-refractivity contribution < 1.29 is 9.53 Å². The van der Waals surface area contributed by atoms with E-state index in [1.54, 1.807) is 0 Å². The normalized spacial score (nSPS) is 25.5. The summed E-state index contributed by atoms with van der Waals surface area (Å²) in [5, 5.41) is 6.51. The molecule has 5 heteroatoms. The van der Waals surface area contributed by atoms with Gasteiger partial charge in [-0.25, -0.2) is 0 Å². The first-order valence-electron chi connectivity index (χ1n) is 8.53. The highest BCUT2D eigenvalue weighted by Crippen LogP contribution is 2.22. The molecule has 0 aromatic carbocycles. The molecule has 2 unspecified atom stereocenters. The number of piperidine rings is 1. The molecule has 0 aromatic rings. The van der Waals surface area contributed by atoms with Crippen molar-refractivity contribution >= 4 is 5.91 Å². The Morgan fingerprint density at radius 1 is 1.43 bits per heavy atom. The molecule has 2 heterocycles. The summed E-state index contributed by atoms with van der Waals surface area (Å²) in [4.78, 5) is 14.4. The van der Waals surface area contributed by atoms with Crippen LogP contribution in [0.3, 0.4) is 0 Å². The van der Waals surface area contributed by atoms with E-state index in [-0.39, 0.29) is 5.91 Å². The molecule has 2 rings (SSSR count). The maximum Gasteiger partial charge on any atom is 0.220 e. The summed E-state index contributed by atoms with van der Waals surface area (Å²) in [6.45, 7) is 10.0. The number of morpholine rings is 1. The molecule has 1 amide bonds. The lowest BCUT2D eigenvalue weighted by Crippen LogP contribution is -2.38. The summed E-state index contributed by atoms with van der Waals surface area (Å²) in [6.07, 6.45) is 4.21. The average Bonchev–Trinajstić information content (AvgIpc) is 2.53. The third kappa shape index (κ3) is 6.32. The van der Waals surface area contributed by atoms with Gasteiger partial charge < -0.3 is 15.4 Å². The van der Waals surface area contributed by atoms with Crippen molar-refractivity contribution in [2.45, 2.75) is 32.6 Å². The fraction of sp³-hybridized carbons (Fsp3) is 0.938. The number of ether oxygens (including phenoxy) is 1. The maximum atomic E-state index is 12.0. The molecule has 0 saturated carbocycles. The number of hydrogen-bond donors (Lipinski definition) is 2. The van der Waals surface area contributed by atoms with Crippen molar-refractivity contribution in [2.75, 3.05) is 52.5 Å². The van der Waals surface area contributed by atoms with Crippen molar-refractivity contribution in [1.29, 1.82) is 0 Å². The molecule has 0 aliphatic carbocycles. The van der Waals surface area contributed by atoms with Gasteiger partial charge in [0.25, 0.3) is 0 Å². The quantitative estimate of drug-likeness (QED) is 0.684. The second kappa shape index (κ2) is 9.38. The Morgan fingerprint density at radius 2 is 2.24 bits per heavy atom. The van der Waals surface area contributed by atoms with E-state index in [1.165, 1.54) is 12.8 Å². The first-order chi connectivity index (χ1) is 10.3. The van der Waals surface area contributed by atoms with Gasteiger partial charge in [0.2, 0.25) is 5.91 Å². The van der Waals surface area contributed by atoms with E-state index >= 15 is 0 Å². The van der Waals surface area contributed by atoms with Crippen LogP contribution >= 0.6 is 0 Å². The van der Waals surface area contributed by atoms with Crippen LogP contribution in [0, 0.1) is 11.8 Å². The predicted molar refractivity (Wildman–Crippen MR) is 84.3 cm³/mol. The predicted octanol–water partition coefficient (Wildman–Crippen LogP) is 0.851. The van der Waals surface area contributed by atoms with E-state index in [9.17, 15) is 4.79 Å². The van der Waals surface area contributed by atoms with Crippen LogP contribution < -0.4 is 10.6 Å². The third-order valence-corrected chi connectivity index (χ3v) is 4.72. The highest BCUT2D eigenvalue weighted by atomic mass is 16.5. The Hall–Kier alpha value is -0.650. The van der Waals surface area contributed by atoms with Crippen molar-refractivity contribution in [1.82, 2.24) is 15.5 Å². The third-order valence-electron chi connectivity index (χ3n) is 4.72. The fourth-order valence-corrected chi connectivity index (χ4v) is 3.25. The zero-order chi connectivity index (χ0) is 14.9. The van der Waals surface area contributed by atoms with Crippen LogP contribution in [-0.2, 0) is 9.53 Å². The maximum absolute atomic E-state index is 12.0. The lowest BCUT2D eigenvalue weighted by molar-refractivity contribution is -0.122. The van der Waals surface area contributed by atoms with Gasteiger partial charge in [-0.3, -0.25) is 9.69 Å². The summed E-state index contributed by atoms with van der Waals surface area (Å²) < 4.78 is 5.33. The smallest absolute Gasteiger partial charge is 0.220 e. The zero-order valence-corrected chi connectivity index (χ0v) is 13.4. The second-order valence-corrected chi connectivity index (χ2v) is 6.45. The van der Waals surface area contributed by atoms with Gasteiger partial charge in [0, 0.05) is 26.1 Å². The minimum Gasteiger partial charge on any atom is -0.379 e. The van der Waals surface area contributed by atoms with E-state index in [1.807, 2.05) is 0 Å². The van der Waals surface area contributed by atoms with Crippen molar-refractivity contribution in [3.8, 4) is 0 Å². The minimum absolute atomic E-state index is 0.218. The molecule has 0 spiro atoms. The molecule has 5 nitrogen and oxygen atoms in total. The van der Waals surface area contributed by atoms with Gasteiger partial charge in [-0.05, 0) is 50.7 Å². The van der Waals surface area contributed by atoms with Gasteiger partial charge >= 0.3 is 0 Å². The second-order valence-electron chi connectivity index (χ2n) is 6.45. The Bertz CT molecular complexity index is 300. The number of carbonyl (C=O) groups is 1. The van der Waals surface area contributed by atoms with Crippen molar-refractivity contribution in [2.24, 2.45) is 11.8 Å². The number of rotatable bonds is 7. The van der Waals surface area contributed by atoms with Crippen LogP contribution in [0.15, 0.2) is 0 Å². The van der Waals surface area contributed by atoms with Crippen LogP contribution in [-0.4, -0.2) is 63.3 Å². The SMILES string of the molecule is CC(CC(=O)NCCCN1CCOCC1)C1CCCNC1. The van der Waals surface area contributed by atoms with Crippen LogP contribution in [0.5, 0.6) is 0 Å². The summed E-state index contributed by atoms with van der Waals surface area (Å²) in [5.74, 6) is 1.37. The van der Waals surface area contributed by atoms with Crippen LogP contribution in [0.4, 0.5) is 0 Å². The van der Waals surface area contributed by atoms with Gasteiger partial charge in [0.1, 0.15) is 0 Å². The van der Waals surface area contributed by atoms with Crippen LogP contribution in [0.1, 0.15) is 32.6 Å². The molecular weight excluding hydrogens is 266 g/mol. The van der Waals surface area contributed by atoms with Gasteiger partial charge in [0.15, 0.2) is 0 Å². The van der Waals surface area contributed by atoms with E-state index in [0.717, 1.165) is 58.9 Å². The van der Waals surface area contributed by atoms with Gasteiger partial charge in [-0.2, -0.15) is 0 Å². The first kappa shape index (κ1) is 16.7. The number of nitrogens with one attached hydrogen (secondary N) is 2. The number of hydrogen-bond acceptors (Lipinski definition) is 4. The molecule has 0 radical (unpaired) electrons. The largest absolute Gasteiger partial charge is 0.379 e. The van der Waals surface area contributed by atoms with E-state index in [2.05, 4.69) is 22.5 Å². The average molecular weight is 297 g/mol. The Labute approximate surface area is 128 Å². The Balaban J connectivity index is 1.52. The topological polar surface area (TPSA) is 53.6 Å². The molecule has 2 atom stereocenters. The highest BCUT2D eigenvalue weighted by Gasteiger charge is 2.21. The van der Waals surface area contributed by atoms with E-state index in [0.29, 0.717) is 18.3 Å². The van der Waals surface area contributed by atoms with Crippen LogP contribution in [0.2, 0.25) is 0 Å². The highest BCUT2D eigenvalue weighted by molar-refractivity contribution is 5.76. The molecular formula is C16H31N3O2. The molecule has 2 N–H and O–H groups in total. The van der Waals surface area contributed by atoms with E-state index in [4.69, 9.17) is 4.74 Å². The summed E-state index contributed by atoms with van der Waals surface area (Å²) >= 11 is 0. The Morgan fingerprint density at radius 3 is 2.95 bits per heavy atom. The lowest BCUT2D eigenvalue weighted by Gasteiger charge is -2.28. The van der Waals surface area contributed by atoms with Crippen molar-refractivity contribution in [3.05, 3.63) is 0 Å². The molecule has 0 bridgehead atoms. The Kier molecular flexibility index (Phi) is 7.47. The standard InChI is InChI=1S/C16H31N3O2/c1-14(15-4-2-5-17-13-15)12-16(20)18-6-3-7-19-8-10-21-11-9-19/h14-15,17H,2-13H2,1H3,(H,18,20). The molecule has 21 heavy (non-hydrogen) atoms. The number of carbonyl (C=O) groups excluding carboxylic acids is 1. The van der Waals surface area contributed by atoms with Crippen LogP contribution in [0.25, 0.3) is 0 Å². The monoisotopic (exact) mass is 297 g/mol.